The predicted molar refractivity (Wildman–Crippen MR) is 71.7 cm³/mol. The van der Waals surface area contributed by atoms with Crippen molar-refractivity contribution in [3.63, 3.8) is 0 Å². The van der Waals surface area contributed by atoms with Gasteiger partial charge in [0.05, 0.1) is 0 Å². The van der Waals surface area contributed by atoms with Crippen LogP contribution in [0.1, 0.15) is 24.8 Å². The second-order valence-corrected chi connectivity index (χ2v) is 5.54. The number of carboxylic acids is 1. The van der Waals surface area contributed by atoms with Crippen molar-refractivity contribution in [2.24, 2.45) is 5.92 Å². The molecule has 1 heterocycles. The summed E-state index contributed by atoms with van der Waals surface area (Å²) in [7, 11) is 0. The Morgan fingerprint density at radius 2 is 2.26 bits per heavy atom. The maximum atomic E-state index is 13.2. The molecule has 5 heteroatoms. The Bertz CT molecular complexity index is 447. The third kappa shape index (κ3) is 4.48. The van der Waals surface area contributed by atoms with E-state index in [2.05, 4.69) is 4.90 Å². The van der Waals surface area contributed by atoms with Crippen molar-refractivity contribution < 1.29 is 14.3 Å². The summed E-state index contributed by atoms with van der Waals surface area (Å²) < 4.78 is 13.2. The van der Waals surface area contributed by atoms with Crippen molar-refractivity contribution in [2.75, 3.05) is 13.1 Å². The lowest BCUT2D eigenvalue weighted by molar-refractivity contribution is -0.137. The summed E-state index contributed by atoms with van der Waals surface area (Å²) in [6, 6.07) is 4.57. The molecular weight excluding hydrogens is 269 g/mol. The van der Waals surface area contributed by atoms with E-state index in [1.54, 1.807) is 6.07 Å². The van der Waals surface area contributed by atoms with Crippen molar-refractivity contribution in [1.29, 1.82) is 0 Å². The van der Waals surface area contributed by atoms with Gasteiger partial charge in [0, 0.05) is 24.5 Å². The third-order valence-electron chi connectivity index (χ3n) is 3.46. The molecule has 104 valence electrons. The van der Waals surface area contributed by atoms with Crippen LogP contribution in [0.2, 0.25) is 5.02 Å². The molecule has 0 spiro atoms. The lowest BCUT2D eigenvalue weighted by Gasteiger charge is -2.16. The smallest absolute Gasteiger partial charge is 0.303 e. The van der Waals surface area contributed by atoms with E-state index >= 15 is 0 Å². The highest BCUT2D eigenvalue weighted by Gasteiger charge is 2.23. The van der Waals surface area contributed by atoms with E-state index in [4.69, 9.17) is 16.7 Å². The Balaban J connectivity index is 1.86. The van der Waals surface area contributed by atoms with Gasteiger partial charge in [-0.3, -0.25) is 9.69 Å². The molecule has 0 saturated carbocycles. The predicted octanol–water partition coefficient (Wildman–Crippen LogP) is 3.17. The molecule has 1 fully saturated rings. The first-order chi connectivity index (χ1) is 9.02. The fraction of sp³-hybridized carbons (Fsp3) is 0.500. The van der Waals surface area contributed by atoms with Gasteiger partial charge in [-0.15, -0.1) is 0 Å². The Morgan fingerprint density at radius 3 is 2.95 bits per heavy atom. The number of nitrogens with zero attached hydrogens (tertiary/aromatic N) is 1. The van der Waals surface area contributed by atoms with Crippen LogP contribution in [-0.2, 0) is 11.3 Å². The lowest BCUT2D eigenvalue weighted by atomic mass is 10.0. The molecule has 0 bridgehead atoms. The molecule has 1 saturated heterocycles. The Hall–Kier alpha value is -1.13. The summed E-state index contributed by atoms with van der Waals surface area (Å²) >= 11 is 5.83. The molecule has 1 atom stereocenters. The van der Waals surface area contributed by atoms with Gasteiger partial charge in [0.25, 0.3) is 0 Å². The van der Waals surface area contributed by atoms with Gasteiger partial charge in [-0.2, -0.15) is 0 Å². The Kier molecular flexibility index (Phi) is 4.77. The molecule has 1 unspecified atom stereocenters. The van der Waals surface area contributed by atoms with Crippen LogP contribution in [0.5, 0.6) is 0 Å². The molecule has 1 N–H and O–H groups in total. The van der Waals surface area contributed by atoms with Gasteiger partial charge in [-0.1, -0.05) is 11.6 Å². The van der Waals surface area contributed by atoms with Gasteiger partial charge in [0.2, 0.25) is 0 Å². The van der Waals surface area contributed by atoms with Gasteiger partial charge in [0.15, 0.2) is 0 Å². The van der Waals surface area contributed by atoms with Crippen LogP contribution < -0.4 is 0 Å². The monoisotopic (exact) mass is 285 g/mol. The van der Waals surface area contributed by atoms with E-state index in [0.717, 1.165) is 31.5 Å². The lowest BCUT2D eigenvalue weighted by Crippen LogP contribution is -2.20. The molecular formula is C14H17ClFNO2. The fourth-order valence-electron chi connectivity index (χ4n) is 2.58. The Morgan fingerprint density at radius 1 is 1.47 bits per heavy atom. The average molecular weight is 286 g/mol. The van der Waals surface area contributed by atoms with Gasteiger partial charge < -0.3 is 5.11 Å². The molecule has 1 aliphatic heterocycles. The summed E-state index contributed by atoms with van der Waals surface area (Å²) in [6.07, 6.45) is 1.95. The van der Waals surface area contributed by atoms with E-state index in [0.29, 0.717) is 17.5 Å². The normalized spacial score (nSPS) is 19.8. The number of benzene rings is 1. The highest BCUT2D eigenvalue weighted by atomic mass is 35.5. The molecule has 0 aromatic heterocycles. The van der Waals surface area contributed by atoms with E-state index in [1.165, 1.54) is 12.1 Å². The van der Waals surface area contributed by atoms with Crippen molar-refractivity contribution >= 4 is 17.6 Å². The second-order valence-electron chi connectivity index (χ2n) is 5.10. The van der Waals surface area contributed by atoms with Gasteiger partial charge in [-0.05, 0) is 49.1 Å². The molecule has 2 rings (SSSR count). The highest BCUT2D eigenvalue weighted by Crippen LogP contribution is 2.23. The van der Waals surface area contributed by atoms with Crippen molar-refractivity contribution in [2.45, 2.75) is 25.8 Å². The Labute approximate surface area is 117 Å². The van der Waals surface area contributed by atoms with Crippen LogP contribution >= 0.6 is 11.6 Å². The SMILES string of the molecule is O=C(O)CCC1CCN(Cc2cc(F)cc(Cl)c2)C1. The summed E-state index contributed by atoms with van der Waals surface area (Å²) in [6.45, 7) is 2.47. The quantitative estimate of drug-likeness (QED) is 0.903. The van der Waals surface area contributed by atoms with Crippen molar-refractivity contribution in [3.05, 3.63) is 34.6 Å². The van der Waals surface area contributed by atoms with Crippen molar-refractivity contribution in [3.8, 4) is 0 Å². The standard InChI is InChI=1S/C14H17ClFNO2/c15-12-5-11(6-13(16)7-12)9-17-4-3-10(8-17)1-2-14(18)19/h5-7,10H,1-4,8-9H2,(H,18,19). The van der Waals surface area contributed by atoms with Gasteiger partial charge in [-0.25, -0.2) is 4.39 Å². The number of likely N-dealkylation sites (tertiary alicyclic amines) is 1. The number of rotatable bonds is 5. The zero-order valence-electron chi connectivity index (χ0n) is 10.6. The van der Waals surface area contributed by atoms with E-state index < -0.39 is 5.97 Å². The molecule has 0 amide bonds. The largest absolute Gasteiger partial charge is 0.481 e. The van der Waals surface area contributed by atoms with Crippen LogP contribution in [0, 0.1) is 11.7 Å². The van der Waals surface area contributed by atoms with E-state index in [1.807, 2.05) is 0 Å². The van der Waals surface area contributed by atoms with E-state index in [-0.39, 0.29) is 12.2 Å². The number of aliphatic carboxylic acids is 1. The maximum Gasteiger partial charge on any atom is 0.303 e. The van der Waals surface area contributed by atoms with Gasteiger partial charge >= 0.3 is 5.97 Å². The molecule has 19 heavy (non-hydrogen) atoms. The summed E-state index contributed by atoms with van der Waals surface area (Å²) in [5.41, 5.74) is 0.865. The number of hydrogen-bond donors (Lipinski definition) is 1. The number of hydrogen-bond acceptors (Lipinski definition) is 2. The second kappa shape index (κ2) is 6.35. The zero-order valence-corrected chi connectivity index (χ0v) is 11.4. The minimum Gasteiger partial charge on any atom is -0.481 e. The first-order valence-corrected chi connectivity index (χ1v) is 6.80. The minimum atomic E-state index is -0.740. The molecule has 1 aromatic rings. The van der Waals surface area contributed by atoms with Crippen LogP contribution in [0.25, 0.3) is 0 Å². The first kappa shape index (κ1) is 14.3. The topological polar surface area (TPSA) is 40.5 Å². The van der Waals surface area contributed by atoms with E-state index in [9.17, 15) is 9.18 Å². The van der Waals surface area contributed by atoms with Crippen LogP contribution in [0.15, 0.2) is 18.2 Å². The average Bonchev–Trinajstić information content (AvgIpc) is 2.72. The summed E-state index contributed by atoms with van der Waals surface area (Å²) in [5.74, 6) is -0.625. The first-order valence-electron chi connectivity index (χ1n) is 6.42. The van der Waals surface area contributed by atoms with Crippen LogP contribution in [-0.4, -0.2) is 29.1 Å². The molecule has 0 aliphatic carbocycles. The molecule has 1 aliphatic rings. The maximum absolute atomic E-state index is 13.2. The molecule has 3 nitrogen and oxygen atoms in total. The minimum absolute atomic E-state index is 0.226. The van der Waals surface area contributed by atoms with Gasteiger partial charge in [0.1, 0.15) is 5.82 Å². The molecule has 0 radical (unpaired) electrons. The number of carboxylic acid groups (broad SMARTS) is 1. The number of carbonyl (C=O) groups is 1. The molecule has 1 aromatic carbocycles. The number of halogens is 2. The summed E-state index contributed by atoms with van der Waals surface area (Å²) in [5, 5.41) is 9.08. The fourth-order valence-corrected chi connectivity index (χ4v) is 2.82. The van der Waals surface area contributed by atoms with Crippen LogP contribution in [0.3, 0.4) is 0 Å². The third-order valence-corrected chi connectivity index (χ3v) is 3.68. The summed E-state index contributed by atoms with van der Waals surface area (Å²) in [4.78, 5) is 12.8. The van der Waals surface area contributed by atoms with Crippen LogP contribution in [0.4, 0.5) is 4.39 Å². The van der Waals surface area contributed by atoms with Crippen molar-refractivity contribution in [1.82, 2.24) is 4.90 Å². The zero-order chi connectivity index (χ0) is 13.8. The highest BCUT2D eigenvalue weighted by molar-refractivity contribution is 6.30.